The zero-order valence-electron chi connectivity index (χ0n) is 22.4. The number of carbonyl (C=O) groups excluding carboxylic acids is 3. The minimum Gasteiger partial charge on any atom is -0.466 e. The fraction of sp³-hybridized carbons (Fsp3) is 0.258. The summed E-state index contributed by atoms with van der Waals surface area (Å²) >= 11 is 0. The molecule has 4 aromatic rings. The highest BCUT2D eigenvalue weighted by atomic mass is 16.5. The van der Waals surface area contributed by atoms with Gasteiger partial charge in [-0.15, -0.1) is 0 Å². The van der Waals surface area contributed by atoms with Gasteiger partial charge in [-0.2, -0.15) is 0 Å². The number of hydrogen-bond acceptors (Lipinski definition) is 7. The van der Waals surface area contributed by atoms with Crippen molar-refractivity contribution in [3.8, 4) is 11.1 Å². The SMILES string of the molecule is CCOC(=O)CC(NC(=O)CNC(=O)CCCNc1ccccn1)c1ccc(-c2cccc3cccnc23)cc1. The van der Waals surface area contributed by atoms with Gasteiger partial charge in [-0.05, 0) is 42.7 Å². The van der Waals surface area contributed by atoms with Gasteiger partial charge >= 0.3 is 5.97 Å². The van der Waals surface area contributed by atoms with Gasteiger partial charge in [0, 0.05) is 36.3 Å². The molecule has 1 unspecified atom stereocenters. The number of rotatable bonds is 13. The maximum Gasteiger partial charge on any atom is 0.308 e. The summed E-state index contributed by atoms with van der Waals surface area (Å²) in [6.07, 6.45) is 4.29. The van der Waals surface area contributed by atoms with E-state index in [1.807, 2.05) is 72.8 Å². The average Bonchev–Trinajstić information content (AvgIpc) is 2.98. The molecule has 3 N–H and O–H groups in total. The van der Waals surface area contributed by atoms with Crippen molar-refractivity contribution in [3.05, 3.63) is 90.8 Å². The second-order valence-corrected chi connectivity index (χ2v) is 9.15. The van der Waals surface area contributed by atoms with Gasteiger partial charge in [0.2, 0.25) is 11.8 Å². The van der Waals surface area contributed by atoms with E-state index >= 15 is 0 Å². The van der Waals surface area contributed by atoms with Gasteiger partial charge in [0.05, 0.1) is 31.1 Å². The van der Waals surface area contributed by atoms with Gasteiger partial charge in [0.1, 0.15) is 5.82 Å². The molecule has 0 saturated heterocycles. The minimum atomic E-state index is -0.606. The Morgan fingerprint density at radius 2 is 1.68 bits per heavy atom. The molecule has 206 valence electrons. The van der Waals surface area contributed by atoms with Crippen LogP contribution in [0.1, 0.15) is 37.8 Å². The molecular formula is C31H33N5O4. The molecule has 9 nitrogen and oxygen atoms in total. The van der Waals surface area contributed by atoms with Crippen molar-refractivity contribution in [2.75, 3.05) is 25.0 Å². The molecule has 0 spiro atoms. The van der Waals surface area contributed by atoms with Gasteiger partial charge in [0.25, 0.3) is 0 Å². The van der Waals surface area contributed by atoms with E-state index in [0.29, 0.717) is 13.0 Å². The van der Waals surface area contributed by atoms with Crippen molar-refractivity contribution in [2.24, 2.45) is 0 Å². The first-order chi connectivity index (χ1) is 19.5. The monoisotopic (exact) mass is 539 g/mol. The fourth-order valence-electron chi connectivity index (χ4n) is 4.32. The van der Waals surface area contributed by atoms with E-state index in [-0.39, 0.29) is 31.9 Å². The third-order valence-corrected chi connectivity index (χ3v) is 6.27. The van der Waals surface area contributed by atoms with E-state index in [4.69, 9.17) is 4.74 Å². The van der Waals surface area contributed by atoms with Gasteiger partial charge in [-0.1, -0.05) is 54.6 Å². The Morgan fingerprint density at radius 1 is 0.875 bits per heavy atom. The van der Waals surface area contributed by atoms with Crippen LogP contribution in [-0.2, 0) is 19.1 Å². The van der Waals surface area contributed by atoms with Crippen molar-refractivity contribution in [1.82, 2.24) is 20.6 Å². The van der Waals surface area contributed by atoms with Crippen molar-refractivity contribution in [3.63, 3.8) is 0 Å². The molecule has 0 bridgehead atoms. The van der Waals surface area contributed by atoms with Gasteiger partial charge in [-0.25, -0.2) is 4.98 Å². The number of benzene rings is 2. The van der Waals surface area contributed by atoms with Crippen molar-refractivity contribution >= 4 is 34.5 Å². The Hall–Kier alpha value is -4.79. The number of carbonyl (C=O) groups is 3. The molecule has 1 atom stereocenters. The van der Waals surface area contributed by atoms with Crippen LogP contribution in [0, 0.1) is 0 Å². The molecule has 2 aromatic carbocycles. The molecule has 0 aliphatic carbocycles. The summed E-state index contributed by atoms with van der Waals surface area (Å²) in [5, 5.41) is 9.70. The predicted octanol–water partition coefficient (Wildman–Crippen LogP) is 4.42. The van der Waals surface area contributed by atoms with E-state index in [9.17, 15) is 14.4 Å². The number of para-hydroxylation sites is 1. The number of amides is 2. The highest BCUT2D eigenvalue weighted by Crippen LogP contribution is 2.28. The van der Waals surface area contributed by atoms with Crippen LogP contribution in [0.25, 0.3) is 22.0 Å². The Bertz CT molecular complexity index is 1420. The van der Waals surface area contributed by atoms with Crippen LogP contribution in [0.5, 0.6) is 0 Å². The lowest BCUT2D eigenvalue weighted by atomic mass is 9.97. The predicted molar refractivity (Wildman–Crippen MR) is 154 cm³/mol. The number of aromatic nitrogens is 2. The zero-order valence-corrected chi connectivity index (χ0v) is 22.4. The summed E-state index contributed by atoms with van der Waals surface area (Å²) in [6, 6.07) is 22.6. The summed E-state index contributed by atoms with van der Waals surface area (Å²) in [5.41, 5.74) is 3.62. The average molecular weight is 540 g/mol. The highest BCUT2D eigenvalue weighted by molar-refractivity contribution is 5.93. The van der Waals surface area contributed by atoms with Gasteiger partial charge in [0.15, 0.2) is 0 Å². The second-order valence-electron chi connectivity index (χ2n) is 9.15. The number of anilines is 1. The normalized spacial score (nSPS) is 11.4. The molecular weight excluding hydrogens is 506 g/mol. The molecule has 0 aliphatic rings. The van der Waals surface area contributed by atoms with Crippen LogP contribution in [0.4, 0.5) is 5.82 Å². The van der Waals surface area contributed by atoms with Crippen LogP contribution in [0.3, 0.4) is 0 Å². The number of pyridine rings is 2. The van der Waals surface area contributed by atoms with Gasteiger partial charge < -0.3 is 20.7 Å². The molecule has 2 aromatic heterocycles. The van der Waals surface area contributed by atoms with Crippen LogP contribution >= 0.6 is 0 Å². The Labute approximate surface area is 233 Å². The van der Waals surface area contributed by atoms with Crippen LogP contribution in [0.15, 0.2) is 85.2 Å². The smallest absolute Gasteiger partial charge is 0.308 e. The first kappa shape index (κ1) is 28.2. The standard InChI is InChI=1S/C31H33N5O4/c1-2-40-30(39)20-26(36-29(38)21-35-28(37)12-7-18-33-27-11-3-4-17-32-27)23-15-13-22(14-16-23)25-10-5-8-24-9-6-19-34-31(24)25/h3-6,8-11,13-17,19,26H,2,7,12,18,20-21H2,1H3,(H,32,33)(H,35,37)(H,36,38). The topological polar surface area (TPSA) is 122 Å². The van der Waals surface area contributed by atoms with Crippen LogP contribution < -0.4 is 16.0 Å². The maximum atomic E-state index is 12.7. The number of hydrogen-bond donors (Lipinski definition) is 3. The van der Waals surface area contributed by atoms with Crippen molar-refractivity contribution in [2.45, 2.75) is 32.2 Å². The summed E-state index contributed by atoms with van der Waals surface area (Å²) < 4.78 is 5.12. The first-order valence-corrected chi connectivity index (χ1v) is 13.3. The number of nitrogens with one attached hydrogen (secondary N) is 3. The van der Waals surface area contributed by atoms with E-state index in [1.54, 1.807) is 19.3 Å². The number of nitrogens with zero attached hydrogens (tertiary/aromatic N) is 2. The lowest BCUT2D eigenvalue weighted by Gasteiger charge is -2.19. The summed E-state index contributed by atoms with van der Waals surface area (Å²) in [7, 11) is 0. The second kappa shape index (κ2) is 14.4. The van der Waals surface area contributed by atoms with E-state index in [0.717, 1.165) is 33.4 Å². The van der Waals surface area contributed by atoms with Crippen LogP contribution in [0.2, 0.25) is 0 Å². The Balaban J connectivity index is 1.34. The zero-order chi connectivity index (χ0) is 28.2. The molecule has 2 heterocycles. The molecule has 0 saturated carbocycles. The largest absolute Gasteiger partial charge is 0.466 e. The molecule has 2 amide bonds. The fourth-order valence-corrected chi connectivity index (χ4v) is 4.32. The summed E-state index contributed by atoms with van der Waals surface area (Å²) in [6.45, 7) is 2.38. The lowest BCUT2D eigenvalue weighted by molar-refractivity contribution is -0.144. The van der Waals surface area contributed by atoms with E-state index in [1.165, 1.54) is 0 Å². The third kappa shape index (κ3) is 8.10. The van der Waals surface area contributed by atoms with Crippen molar-refractivity contribution < 1.29 is 19.1 Å². The molecule has 0 aliphatic heterocycles. The van der Waals surface area contributed by atoms with E-state index < -0.39 is 17.9 Å². The Morgan fingerprint density at radius 3 is 2.45 bits per heavy atom. The quantitative estimate of drug-likeness (QED) is 0.170. The molecule has 0 radical (unpaired) electrons. The third-order valence-electron chi connectivity index (χ3n) is 6.27. The first-order valence-electron chi connectivity index (χ1n) is 13.3. The maximum absolute atomic E-state index is 12.7. The summed E-state index contributed by atoms with van der Waals surface area (Å²) in [5.74, 6) is -0.291. The molecule has 40 heavy (non-hydrogen) atoms. The lowest BCUT2D eigenvalue weighted by Crippen LogP contribution is -2.39. The van der Waals surface area contributed by atoms with E-state index in [2.05, 4.69) is 25.9 Å². The molecule has 9 heteroatoms. The Kier molecular flexibility index (Phi) is 10.2. The van der Waals surface area contributed by atoms with Gasteiger partial charge in [-0.3, -0.25) is 19.4 Å². The molecule has 4 rings (SSSR count). The number of esters is 1. The minimum absolute atomic E-state index is 0.0259. The van der Waals surface area contributed by atoms with Crippen LogP contribution in [-0.4, -0.2) is 47.4 Å². The number of ether oxygens (including phenoxy) is 1. The van der Waals surface area contributed by atoms with Crippen molar-refractivity contribution in [1.29, 1.82) is 0 Å². The highest BCUT2D eigenvalue weighted by Gasteiger charge is 2.20. The summed E-state index contributed by atoms with van der Waals surface area (Å²) in [4.78, 5) is 45.9. The molecule has 0 fully saturated rings. The number of fused-ring (bicyclic) bond motifs is 1.